The molecular weight excluding hydrogens is 630 g/mol. The number of anilines is 1. The molecule has 1 aromatic heterocycles. The van der Waals surface area contributed by atoms with Crippen LogP contribution in [0.1, 0.15) is 43.0 Å². The third kappa shape index (κ3) is 7.78. The maximum Gasteiger partial charge on any atom is 0.264 e. The highest BCUT2D eigenvalue weighted by Gasteiger charge is 2.28. The van der Waals surface area contributed by atoms with Gasteiger partial charge in [-0.1, -0.05) is 48.9 Å². The summed E-state index contributed by atoms with van der Waals surface area (Å²) in [5.74, 6) is 0.586. The second-order valence-electron chi connectivity index (χ2n) is 10.4. The van der Waals surface area contributed by atoms with Crippen LogP contribution >= 0.6 is 22.9 Å². The van der Waals surface area contributed by atoms with E-state index in [1.54, 1.807) is 11.3 Å². The zero-order valence-electron chi connectivity index (χ0n) is 23.5. The van der Waals surface area contributed by atoms with Crippen LogP contribution in [0.4, 0.5) is 5.69 Å². The molecule has 0 spiro atoms. The van der Waals surface area contributed by atoms with Gasteiger partial charge in [0.2, 0.25) is 5.88 Å². The predicted octanol–water partition coefficient (Wildman–Crippen LogP) is 7.73. The van der Waals surface area contributed by atoms with E-state index < -0.39 is 20.2 Å². The molecule has 2 N–H and O–H groups in total. The number of halogens is 1. The first kappa shape index (κ1) is 31.5. The van der Waals surface area contributed by atoms with Gasteiger partial charge < -0.3 is 9.64 Å². The van der Waals surface area contributed by atoms with E-state index in [0.717, 1.165) is 42.6 Å². The standard InChI is InChI=1S/C31H32ClNO7S3/c1-2-21(18-29-25(10-5-6-16-42(34,35)36)26-20-23(32)12-14-28(26)41-29)19-30-33(15-7-17-43(37,38)39)31-24-9-4-3-8-22(24)11-13-27(31)40-30/h3-4,8-9,11-14,18-20H,2,5-7,10,15-17H2,1H3,(H,34,35,36)(H,37,38,39). The molecule has 0 atom stereocenters. The van der Waals surface area contributed by atoms with Gasteiger partial charge in [-0.15, -0.1) is 11.3 Å². The van der Waals surface area contributed by atoms with Crippen LogP contribution in [0.25, 0.3) is 26.9 Å². The maximum atomic E-state index is 11.5. The Morgan fingerprint density at radius 1 is 0.953 bits per heavy atom. The number of hydrogen-bond acceptors (Lipinski definition) is 7. The van der Waals surface area contributed by atoms with Gasteiger partial charge in [0.05, 0.1) is 17.2 Å². The fourth-order valence-corrected chi connectivity index (χ4v) is 7.73. The molecule has 0 saturated carbocycles. The van der Waals surface area contributed by atoms with Crippen LogP contribution < -0.4 is 9.64 Å². The Hall–Kier alpha value is -2.93. The molecule has 0 radical (unpaired) electrons. The molecule has 0 unspecified atom stereocenters. The lowest BCUT2D eigenvalue weighted by Crippen LogP contribution is -2.24. The van der Waals surface area contributed by atoms with E-state index in [1.165, 1.54) is 0 Å². The number of rotatable bonds is 12. The fraction of sp³-hybridized carbons (Fsp3) is 0.290. The van der Waals surface area contributed by atoms with Crippen molar-refractivity contribution in [2.45, 2.75) is 39.0 Å². The van der Waals surface area contributed by atoms with E-state index in [0.29, 0.717) is 48.9 Å². The van der Waals surface area contributed by atoms with E-state index in [-0.39, 0.29) is 17.9 Å². The van der Waals surface area contributed by atoms with E-state index in [1.807, 2.05) is 72.5 Å². The minimum absolute atomic E-state index is 0.206. The Bertz CT molecular complexity index is 1950. The van der Waals surface area contributed by atoms with Gasteiger partial charge in [0.15, 0.2) is 5.75 Å². The first-order valence-electron chi connectivity index (χ1n) is 13.9. The van der Waals surface area contributed by atoms with Crippen LogP contribution in [-0.4, -0.2) is 44.0 Å². The predicted molar refractivity (Wildman–Crippen MR) is 175 cm³/mol. The van der Waals surface area contributed by atoms with E-state index >= 15 is 0 Å². The first-order chi connectivity index (χ1) is 20.4. The Morgan fingerprint density at radius 2 is 1.70 bits per heavy atom. The molecule has 3 aromatic carbocycles. The Kier molecular flexibility index (Phi) is 9.50. The molecule has 0 bridgehead atoms. The number of aryl methyl sites for hydroxylation is 1. The summed E-state index contributed by atoms with van der Waals surface area (Å²) in [5.41, 5.74) is 2.89. The Morgan fingerprint density at radius 3 is 2.44 bits per heavy atom. The number of thiophene rings is 1. The summed E-state index contributed by atoms with van der Waals surface area (Å²) in [7, 11) is -8.14. The van der Waals surface area contributed by atoms with Crippen LogP contribution in [0.5, 0.6) is 5.75 Å². The van der Waals surface area contributed by atoms with Crippen molar-refractivity contribution < 1.29 is 30.7 Å². The molecule has 0 saturated heterocycles. The fourth-order valence-electron chi connectivity index (χ4n) is 5.28. The highest BCUT2D eigenvalue weighted by Crippen LogP contribution is 2.45. The molecular formula is C31H32ClNO7S3. The first-order valence-corrected chi connectivity index (χ1v) is 18.3. The van der Waals surface area contributed by atoms with E-state index in [9.17, 15) is 21.4 Å². The molecule has 8 nitrogen and oxygen atoms in total. The van der Waals surface area contributed by atoms with Crippen LogP contribution in [0.2, 0.25) is 5.02 Å². The monoisotopic (exact) mass is 661 g/mol. The Balaban J connectivity index is 1.52. The summed E-state index contributed by atoms with van der Waals surface area (Å²) in [6, 6.07) is 17.6. The van der Waals surface area contributed by atoms with Gasteiger partial charge in [0.1, 0.15) is 0 Å². The maximum absolute atomic E-state index is 11.5. The summed E-state index contributed by atoms with van der Waals surface area (Å²) >= 11 is 7.95. The van der Waals surface area contributed by atoms with Gasteiger partial charge in [-0.25, -0.2) is 0 Å². The van der Waals surface area contributed by atoms with Gasteiger partial charge in [0, 0.05) is 32.6 Å². The largest absolute Gasteiger partial charge is 0.439 e. The summed E-state index contributed by atoms with van der Waals surface area (Å²) < 4.78 is 71.3. The molecule has 12 heteroatoms. The lowest BCUT2D eigenvalue weighted by Gasteiger charge is -2.20. The van der Waals surface area contributed by atoms with Crippen molar-refractivity contribution in [3.8, 4) is 5.75 Å². The molecule has 0 amide bonds. The number of nitrogens with zero attached hydrogens (tertiary/aromatic N) is 1. The molecule has 1 aliphatic heterocycles. The number of allylic oxidation sites excluding steroid dienone is 2. The van der Waals surface area contributed by atoms with E-state index in [2.05, 4.69) is 6.08 Å². The number of unbranched alkanes of at least 4 members (excludes halogenated alkanes) is 1. The molecule has 0 aliphatic carbocycles. The zero-order valence-corrected chi connectivity index (χ0v) is 26.7. The third-order valence-electron chi connectivity index (χ3n) is 7.29. The van der Waals surface area contributed by atoms with Crippen LogP contribution in [0.3, 0.4) is 0 Å². The summed E-state index contributed by atoms with van der Waals surface area (Å²) in [6.07, 6.45) is 6.48. The SMILES string of the molecule is CCC(=Cc1sc2ccc(Cl)cc2c1CCCCS(=O)(=O)O)C=C1Oc2ccc3ccccc3c2N1CCCS(=O)(=O)O. The lowest BCUT2D eigenvalue weighted by atomic mass is 10.0. The van der Waals surface area contributed by atoms with Gasteiger partial charge in [0.25, 0.3) is 20.2 Å². The number of hydrogen-bond donors (Lipinski definition) is 2. The van der Waals surface area contributed by atoms with Gasteiger partial charge >= 0.3 is 0 Å². The average Bonchev–Trinajstić information content (AvgIpc) is 3.46. The molecule has 4 aromatic rings. The summed E-state index contributed by atoms with van der Waals surface area (Å²) in [5, 5.41) is 3.63. The molecule has 43 heavy (non-hydrogen) atoms. The van der Waals surface area contributed by atoms with Crippen LogP contribution in [0, 0.1) is 0 Å². The zero-order chi connectivity index (χ0) is 30.8. The highest BCUT2D eigenvalue weighted by molar-refractivity contribution is 7.86. The molecule has 1 aliphatic rings. The number of benzene rings is 3. The van der Waals surface area contributed by atoms with Crippen LogP contribution in [0.15, 0.2) is 72.1 Å². The average molecular weight is 662 g/mol. The van der Waals surface area contributed by atoms with Crippen molar-refractivity contribution in [2.75, 3.05) is 23.0 Å². The summed E-state index contributed by atoms with van der Waals surface area (Å²) in [6.45, 7) is 2.36. The van der Waals surface area contributed by atoms with Crippen molar-refractivity contribution >= 4 is 75.8 Å². The minimum Gasteiger partial charge on any atom is -0.439 e. The van der Waals surface area contributed by atoms with Crippen molar-refractivity contribution in [1.29, 1.82) is 0 Å². The number of ether oxygens (including phenoxy) is 1. The van der Waals surface area contributed by atoms with Gasteiger partial charge in [-0.2, -0.15) is 16.8 Å². The van der Waals surface area contributed by atoms with Crippen molar-refractivity contribution in [2.24, 2.45) is 0 Å². The second-order valence-corrected chi connectivity index (χ2v) is 15.1. The smallest absolute Gasteiger partial charge is 0.264 e. The van der Waals surface area contributed by atoms with Gasteiger partial charge in [-0.3, -0.25) is 9.11 Å². The molecule has 2 heterocycles. The lowest BCUT2D eigenvalue weighted by molar-refractivity contribution is 0.436. The minimum atomic E-state index is -4.11. The topological polar surface area (TPSA) is 121 Å². The third-order valence-corrected chi connectivity index (χ3v) is 10.3. The van der Waals surface area contributed by atoms with Crippen molar-refractivity contribution in [3.05, 3.63) is 87.6 Å². The van der Waals surface area contributed by atoms with Crippen molar-refractivity contribution in [1.82, 2.24) is 0 Å². The second kappa shape index (κ2) is 13.0. The quantitative estimate of drug-likeness (QED) is 0.117. The Labute approximate surface area is 260 Å². The van der Waals surface area contributed by atoms with E-state index in [4.69, 9.17) is 20.9 Å². The highest BCUT2D eigenvalue weighted by atomic mass is 35.5. The summed E-state index contributed by atoms with van der Waals surface area (Å²) in [4.78, 5) is 2.99. The number of fused-ring (bicyclic) bond motifs is 4. The molecule has 228 valence electrons. The van der Waals surface area contributed by atoms with Gasteiger partial charge in [-0.05, 0) is 84.4 Å². The van der Waals surface area contributed by atoms with Crippen molar-refractivity contribution in [3.63, 3.8) is 0 Å². The van der Waals surface area contributed by atoms with Crippen LogP contribution in [-0.2, 0) is 26.7 Å². The molecule has 5 rings (SSSR count). The molecule has 0 fully saturated rings. The normalized spacial score (nSPS) is 15.0.